The van der Waals surface area contributed by atoms with Gasteiger partial charge < -0.3 is 10.2 Å². The van der Waals surface area contributed by atoms with Gasteiger partial charge in [0.05, 0.1) is 22.2 Å². The van der Waals surface area contributed by atoms with Crippen LogP contribution >= 0.6 is 11.8 Å². The van der Waals surface area contributed by atoms with E-state index < -0.39 is 0 Å². The molecule has 1 unspecified atom stereocenters. The van der Waals surface area contributed by atoms with E-state index >= 15 is 0 Å². The van der Waals surface area contributed by atoms with Crippen molar-refractivity contribution in [2.24, 2.45) is 0 Å². The maximum Gasteiger partial charge on any atom is 0.262 e. The number of carbonyl (C=O) groups is 1. The van der Waals surface area contributed by atoms with E-state index in [2.05, 4.69) is 4.98 Å². The van der Waals surface area contributed by atoms with Crippen LogP contribution in [0.5, 0.6) is 11.5 Å². The zero-order chi connectivity index (χ0) is 19.6. The molecule has 0 aliphatic heterocycles. The molecule has 140 valence electrons. The predicted octanol–water partition coefficient (Wildman–Crippen LogP) is 3.75. The van der Waals surface area contributed by atoms with Crippen LogP contribution in [0, 0.1) is 0 Å². The van der Waals surface area contributed by atoms with E-state index in [0.717, 1.165) is 24.2 Å². The van der Waals surface area contributed by atoms with Crippen molar-refractivity contribution in [2.75, 3.05) is 5.75 Å². The molecule has 0 aliphatic rings. The Labute approximate surface area is 160 Å². The van der Waals surface area contributed by atoms with Crippen LogP contribution in [0.1, 0.15) is 36.7 Å². The second-order valence-electron chi connectivity index (χ2n) is 6.26. The number of ketones is 1. The van der Waals surface area contributed by atoms with Gasteiger partial charge in [0.25, 0.3) is 5.56 Å². The number of nitrogens with zero attached hydrogens (tertiary/aromatic N) is 2. The molecule has 3 rings (SSSR count). The van der Waals surface area contributed by atoms with E-state index in [1.54, 1.807) is 22.8 Å². The molecule has 6 nitrogen and oxygen atoms in total. The summed E-state index contributed by atoms with van der Waals surface area (Å²) in [5.41, 5.74) is 0.584. The van der Waals surface area contributed by atoms with Gasteiger partial charge in [-0.2, -0.15) is 0 Å². The number of fused-ring (bicyclic) bond motifs is 1. The maximum atomic E-state index is 12.9. The summed E-state index contributed by atoms with van der Waals surface area (Å²) in [6.45, 7) is 3.93. The molecule has 0 fully saturated rings. The molecule has 1 atom stereocenters. The second kappa shape index (κ2) is 7.84. The molecular formula is C20H20N2O4S. The molecule has 3 aromatic rings. The van der Waals surface area contributed by atoms with Crippen LogP contribution in [-0.2, 0) is 0 Å². The Hall–Kier alpha value is -2.80. The number of rotatable bonds is 6. The molecule has 0 saturated heterocycles. The molecule has 0 amide bonds. The minimum Gasteiger partial charge on any atom is -0.508 e. The maximum absolute atomic E-state index is 12.9. The lowest BCUT2D eigenvalue weighted by atomic mass is 10.1. The van der Waals surface area contributed by atoms with Gasteiger partial charge >= 0.3 is 0 Å². The molecule has 1 aromatic heterocycles. The van der Waals surface area contributed by atoms with Crippen molar-refractivity contribution in [3.8, 4) is 11.5 Å². The van der Waals surface area contributed by atoms with E-state index in [-0.39, 0.29) is 40.2 Å². The number of hydrogen-bond acceptors (Lipinski definition) is 6. The fraction of sp³-hybridized carbons (Fsp3) is 0.250. The molecule has 2 aromatic carbocycles. The monoisotopic (exact) mass is 384 g/mol. The largest absolute Gasteiger partial charge is 0.508 e. The van der Waals surface area contributed by atoms with Crippen molar-refractivity contribution in [3.63, 3.8) is 0 Å². The number of hydrogen-bond donors (Lipinski definition) is 2. The molecule has 0 spiro atoms. The first-order valence-corrected chi connectivity index (χ1v) is 9.60. The van der Waals surface area contributed by atoms with Crippen molar-refractivity contribution in [1.29, 1.82) is 0 Å². The molecule has 0 saturated carbocycles. The van der Waals surface area contributed by atoms with Gasteiger partial charge in [-0.15, -0.1) is 0 Å². The Morgan fingerprint density at radius 2 is 1.96 bits per heavy atom. The van der Waals surface area contributed by atoms with Gasteiger partial charge in [0, 0.05) is 12.1 Å². The lowest BCUT2D eigenvalue weighted by molar-refractivity contribution is 0.102. The molecular weight excluding hydrogens is 364 g/mol. The molecule has 0 bridgehead atoms. The summed E-state index contributed by atoms with van der Waals surface area (Å²) >= 11 is 1.16. The van der Waals surface area contributed by atoms with Crippen LogP contribution in [0.2, 0.25) is 0 Å². The first-order valence-electron chi connectivity index (χ1n) is 8.61. The number of phenols is 2. The standard InChI is InChI=1S/C20H20N2O4S/c1-3-12(2)22-19(26)14-6-4-5-7-16(14)21-20(22)27-11-18(25)15-9-8-13(23)10-17(15)24/h4-10,12,23-24H,3,11H2,1-2H3. The van der Waals surface area contributed by atoms with Crippen LogP contribution in [0.15, 0.2) is 52.4 Å². The van der Waals surface area contributed by atoms with Gasteiger partial charge in [-0.1, -0.05) is 30.8 Å². The highest BCUT2D eigenvalue weighted by atomic mass is 32.2. The smallest absolute Gasteiger partial charge is 0.262 e. The predicted molar refractivity (Wildman–Crippen MR) is 106 cm³/mol. The minimum atomic E-state index is -0.310. The quantitative estimate of drug-likeness (QED) is 0.382. The van der Waals surface area contributed by atoms with E-state index in [1.165, 1.54) is 12.1 Å². The van der Waals surface area contributed by atoms with E-state index in [9.17, 15) is 19.8 Å². The molecule has 1 heterocycles. The fourth-order valence-corrected chi connectivity index (χ4v) is 3.74. The summed E-state index contributed by atoms with van der Waals surface area (Å²) in [6.07, 6.45) is 0.750. The SMILES string of the molecule is CCC(C)n1c(SCC(=O)c2ccc(O)cc2O)nc2ccccc2c1=O. The van der Waals surface area contributed by atoms with E-state index in [1.807, 2.05) is 19.9 Å². The third kappa shape index (κ3) is 3.83. The summed E-state index contributed by atoms with van der Waals surface area (Å²) in [6, 6.07) is 10.9. The van der Waals surface area contributed by atoms with E-state index in [4.69, 9.17) is 0 Å². The Morgan fingerprint density at radius 3 is 2.67 bits per heavy atom. The Morgan fingerprint density at radius 1 is 1.22 bits per heavy atom. The average molecular weight is 384 g/mol. The average Bonchev–Trinajstić information content (AvgIpc) is 2.65. The van der Waals surface area contributed by atoms with E-state index in [0.29, 0.717) is 16.1 Å². The molecule has 7 heteroatoms. The van der Waals surface area contributed by atoms with Crippen LogP contribution in [0.4, 0.5) is 0 Å². The zero-order valence-electron chi connectivity index (χ0n) is 15.0. The fourth-order valence-electron chi connectivity index (χ4n) is 2.76. The minimum absolute atomic E-state index is 0.0134. The molecule has 2 N–H and O–H groups in total. The van der Waals surface area contributed by atoms with Crippen LogP contribution in [0.25, 0.3) is 10.9 Å². The van der Waals surface area contributed by atoms with Crippen molar-refractivity contribution < 1.29 is 15.0 Å². The molecule has 0 radical (unpaired) electrons. The zero-order valence-corrected chi connectivity index (χ0v) is 15.9. The highest BCUT2D eigenvalue weighted by Gasteiger charge is 2.18. The van der Waals surface area contributed by atoms with Gasteiger partial charge in [-0.05, 0) is 37.6 Å². The summed E-state index contributed by atoms with van der Waals surface area (Å²) in [4.78, 5) is 30.0. The Kier molecular flexibility index (Phi) is 5.51. The highest BCUT2D eigenvalue weighted by Crippen LogP contribution is 2.27. The van der Waals surface area contributed by atoms with Crippen LogP contribution in [0.3, 0.4) is 0 Å². The number of thioether (sulfide) groups is 1. The van der Waals surface area contributed by atoms with Crippen molar-refractivity contribution in [1.82, 2.24) is 9.55 Å². The second-order valence-corrected chi connectivity index (χ2v) is 7.20. The van der Waals surface area contributed by atoms with Crippen molar-refractivity contribution in [3.05, 3.63) is 58.4 Å². The van der Waals surface area contributed by atoms with Gasteiger partial charge in [0.1, 0.15) is 11.5 Å². The Bertz CT molecular complexity index is 1060. The summed E-state index contributed by atoms with van der Waals surface area (Å²) < 4.78 is 1.62. The first-order chi connectivity index (χ1) is 12.9. The number of Topliss-reactive ketones (excluding diaryl/α,β-unsaturated/α-hetero) is 1. The topological polar surface area (TPSA) is 92.4 Å². The van der Waals surface area contributed by atoms with Crippen LogP contribution < -0.4 is 5.56 Å². The first kappa shape index (κ1) is 19.0. The third-order valence-corrected chi connectivity index (χ3v) is 5.37. The van der Waals surface area contributed by atoms with Gasteiger partial charge in [0.2, 0.25) is 0 Å². The number of aromatic hydroxyl groups is 2. The van der Waals surface area contributed by atoms with Crippen molar-refractivity contribution >= 4 is 28.4 Å². The highest BCUT2D eigenvalue weighted by molar-refractivity contribution is 7.99. The normalized spacial score (nSPS) is 12.2. The number of para-hydroxylation sites is 1. The Balaban J connectivity index is 1.96. The number of benzene rings is 2. The lowest BCUT2D eigenvalue weighted by Crippen LogP contribution is -2.26. The van der Waals surface area contributed by atoms with Crippen LogP contribution in [-0.4, -0.2) is 31.3 Å². The lowest BCUT2D eigenvalue weighted by Gasteiger charge is -2.18. The van der Waals surface area contributed by atoms with Gasteiger partial charge in [-0.3, -0.25) is 14.2 Å². The number of phenolic OH excluding ortho intramolecular Hbond substituents is 2. The third-order valence-electron chi connectivity index (χ3n) is 4.42. The number of carbonyl (C=O) groups excluding carboxylic acids is 1. The number of aromatic nitrogens is 2. The van der Waals surface area contributed by atoms with Gasteiger partial charge in [-0.25, -0.2) is 4.98 Å². The molecule has 0 aliphatic carbocycles. The summed E-state index contributed by atoms with van der Waals surface area (Å²) in [5.74, 6) is -0.681. The van der Waals surface area contributed by atoms with Crippen molar-refractivity contribution in [2.45, 2.75) is 31.5 Å². The summed E-state index contributed by atoms with van der Waals surface area (Å²) in [7, 11) is 0. The van der Waals surface area contributed by atoms with Gasteiger partial charge in [0.15, 0.2) is 10.9 Å². The summed E-state index contributed by atoms with van der Waals surface area (Å²) in [5, 5.41) is 20.2. The molecule has 27 heavy (non-hydrogen) atoms.